The standard InChI is InChI=1S/C37H25N3/c1-3-12-26(13-4-1)37-38-33-19-8-10-21-36(33)40(37)30-17-11-14-27(24-30)28-22-23-35-32(25-28)31-18-7-9-20-34(31)39(35)29-15-5-2-6-16-29/h1-25H. The summed E-state index contributed by atoms with van der Waals surface area (Å²) < 4.78 is 4.63. The Labute approximate surface area is 232 Å². The van der Waals surface area contributed by atoms with E-state index in [2.05, 4.69) is 149 Å². The van der Waals surface area contributed by atoms with Gasteiger partial charge in [-0.25, -0.2) is 4.98 Å². The van der Waals surface area contributed by atoms with E-state index in [4.69, 9.17) is 4.98 Å². The third-order valence-electron chi connectivity index (χ3n) is 7.72. The predicted molar refractivity (Wildman–Crippen MR) is 166 cm³/mol. The van der Waals surface area contributed by atoms with Crippen LogP contribution in [0.2, 0.25) is 0 Å². The summed E-state index contributed by atoms with van der Waals surface area (Å²) in [5, 5.41) is 2.51. The first-order valence-electron chi connectivity index (χ1n) is 13.6. The van der Waals surface area contributed by atoms with E-state index in [1.54, 1.807) is 0 Å². The van der Waals surface area contributed by atoms with Crippen molar-refractivity contribution in [3.63, 3.8) is 0 Å². The highest BCUT2D eigenvalue weighted by Crippen LogP contribution is 2.36. The number of nitrogens with zero attached hydrogens (tertiary/aromatic N) is 3. The largest absolute Gasteiger partial charge is 0.309 e. The lowest BCUT2D eigenvalue weighted by molar-refractivity contribution is 1.10. The Morgan fingerprint density at radius 3 is 1.85 bits per heavy atom. The molecule has 188 valence electrons. The predicted octanol–water partition coefficient (Wildman–Crippen LogP) is 9.46. The van der Waals surface area contributed by atoms with Gasteiger partial charge in [0.2, 0.25) is 0 Å². The van der Waals surface area contributed by atoms with Crippen molar-refractivity contribution in [3.8, 4) is 33.9 Å². The molecule has 3 nitrogen and oxygen atoms in total. The van der Waals surface area contributed by atoms with E-state index in [1.807, 2.05) is 12.1 Å². The first kappa shape index (κ1) is 22.6. The van der Waals surface area contributed by atoms with Crippen LogP contribution < -0.4 is 0 Å². The zero-order valence-electron chi connectivity index (χ0n) is 21.8. The second-order valence-electron chi connectivity index (χ2n) is 10.1. The minimum Gasteiger partial charge on any atom is -0.309 e. The zero-order chi connectivity index (χ0) is 26.5. The molecule has 0 spiro atoms. The third-order valence-corrected chi connectivity index (χ3v) is 7.72. The second-order valence-corrected chi connectivity index (χ2v) is 10.1. The molecule has 0 amide bonds. The first-order valence-corrected chi connectivity index (χ1v) is 13.6. The Bertz CT molecular complexity index is 2150. The van der Waals surface area contributed by atoms with Crippen LogP contribution in [0.15, 0.2) is 152 Å². The maximum Gasteiger partial charge on any atom is 0.145 e. The summed E-state index contributed by atoms with van der Waals surface area (Å²) in [7, 11) is 0. The summed E-state index contributed by atoms with van der Waals surface area (Å²) in [6.07, 6.45) is 0. The average molecular weight is 512 g/mol. The summed E-state index contributed by atoms with van der Waals surface area (Å²) in [5.74, 6) is 0.945. The van der Waals surface area contributed by atoms with E-state index in [1.165, 1.54) is 38.6 Å². The van der Waals surface area contributed by atoms with Gasteiger partial charge in [0, 0.05) is 27.7 Å². The molecule has 0 fully saturated rings. The van der Waals surface area contributed by atoms with Gasteiger partial charge in [-0.3, -0.25) is 4.57 Å². The lowest BCUT2D eigenvalue weighted by Gasteiger charge is -2.12. The number of imidazole rings is 1. The number of benzene rings is 6. The molecule has 0 atom stereocenters. The highest BCUT2D eigenvalue weighted by Gasteiger charge is 2.16. The van der Waals surface area contributed by atoms with Gasteiger partial charge >= 0.3 is 0 Å². The van der Waals surface area contributed by atoms with Gasteiger partial charge in [-0.15, -0.1) is 0 Å². The van der Waals surface area contributed by atoms with E-state index in [0.717, 1.165) is 28.1 Å². The van der Waals surface area contributed by atoms with Crippen LogP contribution in [0.4, 0.5) is 0 Å². The fraction of sp³-hybridized carbons (Fsp3) is 0. The normalized spacial score (nSPS) is 11.5. The lowest BCUT2D eigenvalue weighted by Crippen LogP contribution is -1.98. The van der Waals surface area contributed by atoms with Gasteiger partial charge in [0.15, 0.2) is 0 Å². The van der Waals surface area contributed by atoms with Crippen molar-refractivity contribution in [2.45, 2.75) is 0 Å². The summed E-state index contributed by atoms with van der Waals surface area (Å²) in [6.45, 7) is 0. The first-order chi connectivity index (χ1) is 19.8. The molecule has 8 rings (SSSR count). The Morgan fingerprint density at radius 2 is 1.00 bits per heavy atom. The van der Waals surface area contributed by atoms with Crippen molar-refractivity contribution in [2.75, 3.05) is 0 Å². The van der Waals surface area contributed by atoms with Crippen molar-refractivity contribution in [1.29, 1.82) is 0 Å². The van der Waals surface area contributed by atoms with E-state index in [-0.39, 0.29) is 0 Å². The summed E-state index contributed by atoms with van der Waals surface area (Å²) in [5.41, 5.74) is 10.2. The van der Waals surface area contributed by atoms with Crippen molar-refractivity contribution in [3.05, 3.63) is 152 Å². The van der Waals surface area contributed by atoms with Crippen LogP contribution in [-0.4, -0.2) is 14.1 Å². The van der Waals surface area contributed by atoms with Crippen molar-refractivity contribution in [1.82, 2.24) is 14.1 Å². The fourth-order valence-electron chi connectivity index (χ4n) is 5.90. The summed E-state index contributed by atoms with van der Waals surface area (Å²) >= 11 is 0. The molecule has 8 aromatic rings. The van der Waals surface area contributed by atoms with E-state index in [0.29, 0.717) is 0 Å². The van der Waals surface area contributed by atoms with Crippen LogP contribution in [0.1, 0.15) is 0 Å². The quantitative estimate of drug-likeness (QED) is 0.231. The minimum absolute atomic E-state index is 0.945. The van der Waals surface area contributed by atoms with E-state index >= 15 is 0 Å². The molecular formula is C37H25N3. The van der Waals surface area contributed by atoms with Gasteiger partial charge in [-0.05, 0) is 65.7 Å². The lowest BCUT2D eigenvalue weighted by atomic mass is 10.0. The fourth-order valence-corrected chi connectivity index (χ4v) is 5.90. The molecule has 3 heteroatoms. The van der Waals surface area contributed by atoms with Gasteiger partial charge in [-0.1, -0.05) is 97.1 Å². The SMILES string of the molecule is c1ccc(-c2nc3ccccc3n2-c2cccc(-c3ccc4c(c3)c3ccccc3n4-c3ccccc3)c2)cc1. The van der Waals surface area contributed by atoms with Crippen LogP contribution in [0.5, 0.6) is 0 Å². The molecule has 0 unspecified atom stereocenters. The maximum absolute atomic E-state index is 5.03. The molecule has 0 aliphatic rings. The van der Waals surface area contributed by atoms with Gasteiger partial charge in [-0.2, -0.15) is 0 Å². The number of hydrogen-bond acceptors (Lipinski definition) is 1. The monoisotopic (exact) mass is 511 g/mol. The average Bonchev–Trinajstić information content (AvgIpc) is 3.58. The Morgan fingerprint density at radius 1 is 0.375 bits per heavy atom. The summed E-state index contributed by atoms with van der Waals surface area (Å²) in [6, 6.07) is 53.7. The molecular weight excluding hydrogens is 486 g/mol. The molecule has 0 saturated carbocycles. The second kappa shape index (κ2) is 9.11. The molecule has 2 heterocycles. The zero-order valence-corrected chi connectivity index (χ0v) is 21.8. The molecule has 0 aliphatic carbocycles. The van der Waals surface area contributed by atoms with Crippen LogP contribution in [0, 0.1) is 0 Å². The number of rotatable bonds is 4. The van der Waals surface area contributed by atoms with Crippen LogP contribution >= 0.6 is 0 Å². The molecule has 0 saturated heterocycles. The molecule has 0 bridgehead atoms. The molecule has 40 heavy (non-hydrogen) atoms. The minimum atomic E-state index is 0.945. The van der Waals surface area contributed by atoms with Crippen molar-refractivity contribution < 1.29 is 0 Å². The molecule has 6 aromatic carbocycles. The number of aromatic nitrogens is 3. The van der Waals surface area contributed by atoms with Gasteiger partial charge < -0.3 is 4.57 Å². The van der Waals surface area contributed by atoms with Crippen LogP contribution in [0.3, 0.4) is 0 Å². The maximum atomic E-state index is 5.03. The highest BCUT2D eigenvalue weighted by molar-refractivity contribution is 6.10. The van der Waals surface area contributed by atoms with Crippen LogP contribution in [0.25, 0.3) is 66.7 Å². The highest BCUT2D eigenvalue weighted by atomic mass is 15.1. The number of para-hydroxylation sites is 4. The molecule has 0 radical (unpaired) electrons. The number of fused-ring (bicyclic) bond motifs is 4. The Kier molecular flexibility index (Phi) is 5.14. The van der Waals surface area contributed by atoms with Crippen molar-refractivity contribution >= 4 is 32.8 Å². The van der Waals surface area contributed by atoms with Gasteiger partial charge in [0.05, 0.1) is 22.1 Å². The molecule has 2 aromatic heterocycles. The van der Waals surface area contributed by atoms with Gasteiger partial charge in [0.25, 0.3) is 0 Å². The molecule has 0 N–H and O–H groups in total. The Balaban J connectivity index is 1.32. The van der Waals surface area contributed by atoms with E-state index in [9.17, 15) is 0 Å². The van der Waals surface area contributed by atoms with E-state index < -0.39 is 0 Å². The van der Waals surface area contributed by atoms with Crippen LogP contribution in [-0.2, 0) is 0 Å². The topological polar surface area (TPSA) is 22.8 Å². The molecule has 0 aliphatic heterocycles. The van der Waals surface area contributed by atoms with Gasteiger partial charge in [0.1, 0.15) is 5.82 Å². The smallest absolute Gasteiger partial charge is 0.145 e. The number of hydrogen-bond donors (Lipinski definition) is 0. The summed E-state index contributed by atoms with van der Waals surface area (Å²) in [4.78, 5) is 5.03. The third kappa shape index (κ3) is 3.56. The van der Waals surface area contributed by atoms with Crippen molar-refractivity contribution in [2.24, 2.45) is 0 Å². The Hall–Kier alpha value is -5.41.